The fourth-order valence-electron chi connectivity index (χ4n) is 2.38. The molecule has 0 fully saturated rings. The number of hydrogen-bond acceptors (Lipinski definition) is 4. The van der Waals surface area contributed by atoms with Crippen LogP contribution in [-0.4, -0.2) is 26.4 Å². The highest BCUT2D eigenvalue weighted by molar-refractivity contribution is 5.99. The number of carbonyl (C=O) groups excluding carboxylic acids is 2. The quantitative estimate of drug-likeness (QED) is 0.646. The number of rotatable bonds is 5. The van der Waals surface area contributed by atoms with Gasteiger partial charge in [0.05, 0.1) is 5.56 Å². The lowest BCUT2D eigenvalue weighted by Gasteiger charge is -2.09. The molecule has 0 atom stereocenters. The van der Waals surface area contributed by atoms with E-state index in [1.807, 2.05) is 26.0 Å². The number of aromatic nitrogens is 3. The fourth-order valence-corrected chi connectivity index (χ4v) is 2.38. The zero-order valence-corrected chi connectivity index (χ0v) is 14.4. The maximum absolute atomic E-state index is 12.4. The monoisotopic (exact) mass is 353 g/mol. The molecule has 3 aromatic rings. The lowest BCUT2D eigenvalue weighted by Crippen LogP contribution is -2.24. The summed E-state index contributed by atoms with van der Waals surface area (Å²) in [6.45, 7) is 3.97. The van der Waals surface area contributed by atoms with Gasteiger partial charge in [-0.1, -0.05) is 26.0 Å². The summed E-state index contributed by atoms with van der Waals surface area (Å²) < 4.78 is 1.28. The SMILES string of the molecule is CC(C)C(=O)Nc1ccc(CNC(=O)c2cccn3c(=O)[nH]nc23)cc1. The number of pyridine rings is 1. The first-order valence-corrected chi connectivity index (χ1v) is 8.19. The van der Waals surface area contributed by atoms with Crippen LogP contribution in [0.2, 0.25) is 0 Å². The van der Waals surface area contributed by atoms with Crippen LogP contribution in [0.3, 0.4) is 0 Å². The zero-order chi connectivity index (χ0) is 18.7. The van der Waals surface area contributed by atoms with E-state index < -0.39 is 5.69 Å². The fraction of sp³-hybridized carbons (Fsp3) is 0.222. The van der Waals surface area contributed by atoms with Gasteiger partial charge in [-0.25, -0.2) is 14.3 Å². The number of H-pyrrole nitrogens is 1. The number of carbonyl (C=O) groups is 2. The second-order valence-corrected chi connectivity index (χ2v) is 6.17. The number of fused-ring (bicyclic) bond motifs is 1. The lowest BCUT2D eigenvalue weighted by molar-refractivity contribution is -0.118. The van der Waals surface area contributed by atoms with Crippen LogP contribution in [0.5, 0.6) is 0 Å². The summed E-state index contributed by atoms with van der Waals surface area (Å²) in [5.41, 5.74) is 1.79. The van der Waals surface area contributed by atoms with Crippen molar-refractivity contribution in [2.45, 2.75) is 20.4 Å². The van der Waals surface area contributed by atoms with Crippen molar-refractivity contribution in [2.24, 2.45) is 5.92 Å². The maximum atomic E-state index is 12.4. The standard InChI is InChI=1S/C18H19N5O3/c1-11(2)16(24)20-13-7-5-12(6-8-13)10-19-17(25)14-4-3-9-23-15(14)21-22-18(23)26/h3-9,11H,10H2,1-2H3,(H,19,25)(H,20,24)(H,22,26). The Morgan fingerprint density at radius 1 is 1.19 bits per heavy atom. The highest BCUT2D eigenvalue weighted by Gasteiger charge is 2.13. The van der Waals surface area contributed by atoms with Gasteiger partial charge in [-0.05, 0) is 29.8 Å². The Hall–Kier alpha value is -3.42. The summed E-state index contributed by atoms with van der Waals surface area (Å²) in [5, 5.41) is 11.8. The molecule has 8 nitrogen and oxygen atoms in total. The van der Waals surface area contributed by atoms with E-state index in [1.54, 1.807) is 30.5 Å². The second kappa shape index (κ2) is 7.22. The Morgan fingerprint density at radius 2 is 1.92 bits per heavy atom. The van der Waals surface area contributed by atoms with Gasteiger partial charge in [-0.3, -0.25) is 9.59 Å². The minimum atomic E-state index is -0.395. The van der Waals surface area contributed by atoms with Crippen molar-refractivity contribution in [3.8, 4) is 0 Å². The molecule has 2 aromatic heterocycles. The Morgan fingerprint density at radius 3 is 2.62 bits per heavy atom. The summed E-state index contributed by atoms with van der Waals surface area (Å²) in [6.07, 6.45) is 1.54. The van der Waals surface area contributed by atoms with Crippen molar-refractivity contribution >= 4 is 23.1 Å². The maximum Gasteiger partial charge on any atom is 0.347 e. The second-order valence-electron chi connectivity index (χ2n) is 6.17. The molecule has 1 aromatic carbocycles. The molecule has 2 heterocycles. The van der Waals surface area contributed by atoms with E-state index in [-0.39, 0.29) is 23.4 Å². The van der Waals surface area contributed by atoms with Gasteiger partial charge in [0.1, 0.15) is 0 Å². The molecule has 2 amide bonds. The van der Waals surface area contributed by atoms with Crippen molar-refractivity contribution in [3.05, 3.63) is 64.2 Å². The Balaban J connectivity index is 1.66. The molecule has 0 aliphatic rings. The molecule has 3 N–H and O–H groups in total. The Kier molecular flexibility index (Phi) is 4.83. The minimum absolute atomic E-state index is 0.0478. The molecule has 8 heteroatoms. The molecular weight excluding hydrogens is 334 g/mol. The van der Waals surface area contributed by atoms with Crippen molar-refractivity contribution in [1.29, 1.82) is 0 Å². The third kappa shape index (κ3) is 3.64. The van der Waals surface area contributed by atoms with Gasteiger partial charge in [0.2, 0.25) is 5.91 Å². The van der Waals surface area contributed by atoms with Crippen LogP contribution in [-0.2, 0) is 11.3 Å². The highest BCUT2D eigenvalue weighted by atomic mass is 16.2. The van der Waals surface area contributed by atoms with E-state index in [0.29, 0.717) is 17.8 Å². The van der Waals surface area contributed by atoms with Crippen LogP contribution in [0, 0.1) is 5.92 Å². The molecule has 134 valence electrons. The van der Waals surface area contributed by atoms with Gasteiger partial charge in [-0.2, -0.15) is 5.10 Å². The molecule has 0 aliphatic heterocycles. The summed E-state index contributed by atoms with van der Waals surface area (Å²) in [7, 11) is 0. The topological polar surface area (TPSA) is 108 Å². The van der Waals surface area contributed by atoms with Gasteiger partial charge in [0.15, 0.2) is 5.65 Å². The van der Waals surface area contributed by atoms with Crippen molar-refractivity contribution in [3.63, 3.8) is 0 Å². The largest absolute Gasteiger partial charge is 0.348 e. The van der Waals surface area contributed by atoms with Crippen LogP contribution in [0.25, 0.3) is 5.65 Å². The number of hydrogen-bond donors (Lipinski definition) is 3. The predicted molar refractivity (Wildman–Crippen MR) is 96.9 cm³/mol. The molecule has 0 unspecified atom stereocenters. The van der Waals surface area contributed by atoms with Gasteiger partial charge < -0.3 is 10.6 Å². The first-order valence-electron chi connectivity index (χ1n) is 8.19. The molecule has 0 saturated heterocycles. The first-order chi connectivity index (χ1) is 12.5. The average molecular weight is 353 g/mol. The normalized spacial score (nSPS) is 10.9. The van der Waals surface area contributed by atoms with Gasteiger partial charge in [-0.15, -0.1) is 0 Å². The molecule has 0 saturated carbocycles. The van der Waals surface area contributed by atoms with Crippen LogP contribution in [0.15, 0.2) is 47.4 Å². The first kappa shape index (κ1) is 17.4. The van der Waals surface area contributed by atoms with Crippen molar-refractivity contribution < 1.29 is 9.59 Å². The van der Waals surface area contributed by atoms with Crippen LogP contribution >= 0.6 is 0 Å². The molecule has 0 radical (unpaired) electrons. The Bertz CT molecular complexity index is 1000. The summed E-state index contributed by atoms with van der Waals surface area (Å²) in [5.74, 6) is -0.466. The highest BCUT2D eigenvalue weighted by Crippen LogP contribution is 2.11. The number of anilines is 1. The van der Waals surface area contributed by atoms with E-state index in [1.165, 1.54) is 4.40 Å². The van der Waals surface area contributed by atoms with Gasteiger partial charge in [0, 0.05) is 24.3 Å². The molecule has 3 rings (SSSR count). The summed E-state index contributed by atoms with van der Waals surface area (Å²) >= 11 is 0. The zero-order valence-electron chi connectivity index (χ0n) is 14.4. The van der Waals surface area contributed by atoms with Gasteiger partial charge in [0.25, 0.3) is 5.91 Å². The van der Waals surface area contributed by atoms with E-state index in [4.69, 9.17) is 0 Å². The minimum Gasteiger partial charge on any atom is -0.348 e. The van der Waals surface area contributed by atoms with E-state index in [9.17, 15) is 14.4 Å². The molecule has 26 heavy (non-hydrogen) atoms. The molecular formula is C18H19N5O3. The van der Waals surface area contributed by atoms with E-state index >= 15 is 0 Å². The Labute approximate surface area is 149 Å². The third-order valence-corrected chi connectivity index (χ3v) is 3.89. The molecule has 0 bridgehead atoms. The van der Waals surface area contributed by atoms with Crippen molar-refractivity contribution in [2.75, 3.05) is 5.32 Å². The van der Waals surface area contributed by atoms with Crippen LogP contribution < -0.4 is 16.3 Å². The average Bonchev–Trinajstić information content (AvgIpc) is 3.02. The number of nitrogens with one attached hydrogen (secondary N) is 3. The lowest BCUT2D eigenvalue weighted by atomic mass is 10.1. The number of nitrogens with zero attached hydrogens (tertiary/aromatic N) is 2. The van der Waals surface area contributed by atoms with Gasteiger partial charge >= 0.3 is 5.69 Å². The van der Waals surface area contributed by atoms with E-state index in [2.05, 4.69) is 20.8 Å². The number of aromatic amines is 1. The van der Waals surface area contributed by atoms with Crippen molar-refractivity contribution in [1.82, 2.24) is 19.9 Å². The van der Waals surface area contributed by atoms with Crippen LogP contribution in [0.1, 0.15) is 29.8 Å². The summed E-state index contributed by atoms with van der Waals surface area (Å²) in [4.78, 5) is 35.6. The number of amides is 2. The summed E-state index contributed by atoms with van der Waals surface area (Å²) in [6, 6.07) is 10.5. The smallest absolute Gasteiger partial charge is 0.347 e. The number of benzene rings is 1. The van der Waals surface area contributed by atoms with Crippen LogP contribution in [0.4, 0.5) is 5.69 Å². The third-order valence-electron chi connectivity index (χ3n) is 3.89. The predicted octanol–water partition coefficient (Wildman–Crippen LogP) is 1.55. The van der Waals surface area contributed by atoms with E-state index in [0.717, 1.165) is 5.56 Å². The molecule has 0 aliphatic carbocycles. The molecule has 0 spiro atoms.